The van der Waals surface area contributed by atoms with E-state index >= 15 is 0 Å². The molecule has 0 aliphatic rings. The highest BCUT2D eigenvalue weighted by Gasteiger charge is 2.05. The Morgan fingerprint density at radius 1 is 1.12 bits per heavy atom. The number of alkyl halides is 1. The van der Waals surface area contributed by atoms with Crippen LogP contribution in [-0.4, -0.2) is 31.7 Å². The lowest BCUT2D eigenvalue weighted by Gasteiger charge is -2.02. The molecule has 86 valence electrons. The van der Waals surface area contributed by atoms with Crippen molar-refractivity contribution in [2.45, 2.75) is 0 Å². The molecule has 0 saturated heterocycles. The minimum absolute atomic E-state index is 0.108. The fourth-order valence-electron chi connectivity index (χ4n) is 1.12. The van der Waals surface area contributed by atoms with E-state index in [2.05, 4.69) is 25.3 Å². The molecule has 0 fully saturated rings. The fourth-order valence-corrected chi connectivity index (χ4v) is 1.18. The van der Waals surface area contributed by atoms with Crippen LogP contribution in [0.2, 0.25) is 0 Å². The number of rotatable bonds is 3. The normalized spacial score (nSPS) is 9.94. The Balaban J connectivity index is 2.16. The summed E-state index contributed by atoms with van der Waals surface area (Å²) < 4.78 is 0. The van der Waals surface area contributed by atoms with E-state index in [1.54, 1.807) is 18.5 Å². The maximum atomic E-state index is 11.0. The van der Waals surface area contributed by atoms with Crippen LogP contribution in [0, 0.1) is 0 Å². The standard InChI is InChI=1S/C10H8ClN5O/c11-4-8(17)16-7-5-14-10(15-6-7)9-12-2-1-3-13-9/h1-3,5-6H,4H2,(H,16,17). The van der Waals surface area contributed by atoms with Crippen molar-refractivity contribution < 1.29 is 4.79 Å². The summed E-state index contributed by atoms with van der Waals surface area (Å²) in [6, 6.07) is 1.71. The largest absolute Gasteiger partial charge is 0.322 e. The van der Waals surface area contributed by atoms with Crippen molar-refractivity contribution in [3.8, 4) is 11.6 Å². The second-order valence-electron chi connectivity index (χ2n) is 3.05. The summed E-state index contributed by atoms with van der Waals surface area (Å²) in [6.45, 7) is 0. The molecule has 0 radical (unpaired) electrons. The summed E-state index contributed by atoms with van der Waals surface area (Å²) in [5.74, 6) is 0.417. The third-order valence-corrected chi connectivity index (χ3v) is 2.07. The molecule has 6 nitrogen and oxygen atoms in total. The van der Waals surface area contributed by atoms with Crippen LogP contribution in [0.3, 0.4) is 0 Å². The first-order valence-electron chi connectivity index (χ1n) is 4.75. The second-order valence-corrected chi connectivity index (χ2v) is 3.32. The zero-order valence-electron chi connectivity index (χ0n) is 8.67. The third kappa shape index (κ3) is 2.94. The van der Waals surface area contributed by atoms with Crippen LogP contribution in [0.1, 0.15) is 0 Å². The van der Waals surface area contributed by atoms with E-state index in [0.29, 0.717) is 17.3 Å². The van der Waals surface area contributed by atoms with E-state index in [1.807, 2.05) is 0 Å². The SMILES string of the molecule is O=C(CCl)Nc1cnc(-c2ncccn2)nc1. The summed E-state index contributed by atoms with van der Waals surface area (Å²) in [5.41, 5.74) is 0.482. The second kappa shape index (κ2) is 5.31. The van der Waals surface area contributed by atoms with E-state index in [9.17, 15) is 4.79 Å². The zero-order chi connectivity index (χ0) is 12.1. The summed E-state index contributed by atoms with van der Waals surface area (Å²) in [6.07, 6.45) is 6.16. The van der Waals surface area contributed by atoms with Gasteiger partial charge in [0.15, 0.2) is 11.6 Å². The first-order chi connectivity index (χ1) is 8.29. The van der Waals surface area contributed by atoms with Crippen LogP contribution in [-0.2, 0) is 4.79 Å². The molecule has 7 heteroatoms. The average molecular weight is 250 g/mol. The van der Waals surface area contributed by atoms with Gasteiger partial charge in [0, 0.05) is 12.4 Å². The number of hydrogen-bond acceptors (Lipinski definition) is 5. The molecule has 0 aliphatic heterocycles. The lowest BCUT2D eigenvalue weighted by molar-refractivity contribution is -0.113. The Morgan fingerprint density at radius 3 is 2.29 bits per heavy atom. The van der Waals surface area contributed by atoms with E-state index in [1.165, 1.54) is 12.4 Å². The van der Waals surface area contributed by atoms with Gasteiger partial charge in [-0.15, -0.1) is 11.6 Å². The number of anilines is 1. The minimum Gasteiger partial charge on any atom is -0.322 e. The van der Waals surface area contributed by atoms with Gasteiger partial charge in [0.1, 0.15) is 5.88 Å². The van der Waals surface area contributed by atoms with Gasteiger partial charge in [-0.2, -0.15) is 0 Å². The van der Waals surface area contributed by atoms with Crippen LogP contribution in [0.5, 0.6) is 0 Å². The lowest BCUT2D eigenvalue weighted by atomic mass is 10.4. The van der Waals surface area contributed by atoms with E-state index in [-0.39, 0.29) is 11.8 Å². The molecule has 0 spiro atoms. The molecule has 2 aromatic heterocycles. The first kappa shape index (κ1) is 11.4. The number of halogens is 1. The number of carbonyl (C=O) groups excluding carboxylic acids is 1. The number of amides is 1. The Morgan fingerprint density at radius 2 is 1.71 bits per heavy atom. The Labute approximate surface area is 102 Å². The van der Waals surface area contributed by atoms with Crippen molar-refractivity contribution in [3.63, 3.8) is 0 Å². The number of nitrogens with one attached hydrogen (secondary N) is 1. The van der Waals surface area contributed by atoms with E-state index in [4.69, 9.17) is 11.6 Å². The minimum atomic E-state index is -0.307. The highest BCUT2D eigenvalue weighted by molar-refractivity contribution is 6.29. The fraction of sp³-hybridized carbons (Fsp3) is 0.100. The van der Waals surface area contributed by atoms with Crippen molar-refractivity contribution in [3.05, 3.63) is 30.9 Å². The van der Waals surface area contributed by atoms with Gasteiger partial charge in [0.05, 0.1) is 18.1 Å². The summed E-state index contributed by atoms with van der Waals surface area (Å²) in [4.78, 5) is 27.1. The van der Waals surface area contributed by atoms with Crippen molar-refractivity contribution in [1.82, 2.24) is 19.9 Å². The zero-order valence-corrected chi connectivity index (χ0v) is 9.42. The Kier molecular flexibility index (Phi) is 3.56. The van der Waals surface area contributed by atoms with Crippen LogP contribution in [0.25, 0.3) is 11.6 Å². The van der Waals surface area contributed by atoms with Gasteiger partial charge in [-0.3, -0.25) is 4.79 Å². The van der Waals surface area contributed by atoms with Crippen LogP contribution >= 0.6 is 11.6 Å². The molecule has 0 saturated carbocycles. The summed E-state index contributed by atoms with van der Waals surface area (Å²) in [5, 5.41) is 2.53. The highest BCUT2D eigenvalue weighted by Crippen LogP contribution is 2.09. The van der Waals surface area contributed by atoms with Gasteiger partial charge in [0.25, 0.3) is 0 Å². The first-order valence-corrected chi connectivity index (χ1v) is 5.28. The molecule has 2 aromatic rings. The van der Waals surface area contributed by atoms with Crippen molar-refractivity contribution in [2.75, 3.05) is 11.2 Å². The number of carbonyl (C=O) groups is 1. The number of nitrogens with zero attached hydrogens (tertiary/aromatic N) is 4. The molecule has 0 aromatic carbocycles. The predicted molar refractivity (Wildman–Crippen MR) is 62.4 cm³/mol. The van der Waals surface area contributed by atoms with Crippen LogP contribution in [0.4, 0.5) is 5.69 Å². The molecule has 1 amide bonds. The monoisotopic (exact) mass is 249 g/mol. The maximum Gasteiger partial charge on any atom is 0.239 e. The van der Waals surface area contributed by atoms with Crippen LogP contribution < -0.4 is 5.32 Å². The maximum absolute atomic E-state index is 11.0. The topological polar surface area (TPSA) is 80.7 Å². The molecule has 0 bridgehead atoms. The number of hydrogen-bond donors (Lipinski definition) is 1. The Hall–Kier alpha value is -2.08. The van der Waals surface area contributed by atoms with Crippen molar-refractivity contribution in [1.29, 1.82) is 0 Å². The van der Waals surface area contributed by atoms with Gasteiger partial charge in [-0.25, -0.2) is 19.9 Å². The summed E-state index contributed by atoms with van der Waals surface area (Å²) >= 11 is 5.36. The molecular weight excluding hydrogens is 242 g/mol. The third-order valence-electron chi connectivity index (χ3n) is 1.82. The quantitative estimate of drug-likeness (QED) is 0.824. The molecule has 1 N–H and O–H groups in total. The highest BCUT2D eigenvalue weighted by atomic mass is 35.5. The smallest absolute Gasteiger partial charge is 0.239 e. The Bertz CT molecular complexity index is 502. The number of aromatic nitrogens is 4. The molecule has 17 heavy (non-hydrogen) atoms. The van der Waals surface area contributed by atoms with Crippen molar-refractivity contribution >= 4 is 23.2 Å². The van der Waals surface area contributed by atoms with Gasteiger partial charge >= 0.3 is 0 Å². The molecule has 0 aliphatic carbocycles. The average Bonchev–Trinajstić information content (AvgIpc) is 2.40. The van der Waals surface area contributed by atoms with E-state index in [0.717, 1.165) is 0 Å². The molecule has 2 heterocycles. The van der Waals surface area contributed by atoms with E-state index < -0.39 is 0 Å². The lowest BCUT2D eigenvalue weighted by Crippen LogP contribution is -2.13. The van der Waals surface area contributed by atoms with Gasteiger partial charge in [0.2, 0.25) is 5.91 Å². The molecule has 2 rings (SSSR count). The summed E-state index contributed by atoms with van der Waals surface area (Å²) in [7, 11) is 0. The van der Waals surface area contributed by atoms with Crippen LogP contribution in [0.15, 0.2) is 30.9 Å². The van der Waals surface area contributed by atoms with Gasteiger partial charge in [-0.05, 0) is 6.07 Å². The van der Waals surface area contributed by atoms with Gasteiger partial charge < -0.3 is 5.32 Å². The molecular formula is C10H8ClN5O. The molecule has 0 unspecified atom stereocenters. The predicted octanol–water partition coefficient (Wildman–Crippen LogP) is 1.11. The molecule has 0 atom stereocenters. The van der Waals surface area contributed by atoms with Crippen molar-refractivity contribution in [2.24, 2.45) is 0 Å². The van der Waals surface area contributed by atoms with Gasteiger partial charge in [-0.1, -0.05) is 0 Å².